The Labute approximate surface area is 179 Å². The number of rotatable bonds is 3. The molecule has 1 aromatic heterocycles. The van der Waals surface area contributed by atoms with Crippen molar-refractivity contribution < 1.29 is 13.6 Å². The van der Waals surface area contributed by atoms with Gasteiger partial charge in [-0.1, -0.05) is 0 Å². The molecule has 0 bridgehead atoms. The zero-order chi connectivity index (χ0) is 21.2. The lowest BCUT2D eigenvalue weighted by Crippen LogP contribution is -2.46. The van der Waals surface area contributed by atoms with Gasteiger partial charge in [0.25, 0.3) is 0 Å². The smallest absolute Gasteiger partial charge is 0.245 e. The maximum Gasteiger partial charge on any atom is 0.245 e. The Morgan fingerprint density at radius 3 is 2.23 bits per heavy atom. The zero-order valence-electron chi connectivity index (χ0n) is 17.3. The maximum absolute atomic E-state index is 13.8. The van der Waals surface area contributed by atoms with E-state index in [2.05, 4.69) is 19.9 Å². The van der Waals surface area contributed by atoms with Crippen LogP contribution in [0.3, 0.4) is 0 Å². The van der Waals surface area contributed by atoms with Crippen LogP contribution < -0.4 is 4.90 Å². The Morgan fingerprint density at radius 1 is 0.903 bits per heavy atom. The molecule has 1 saturated carbocycles. The summed E-state index contributed by atoms with van der Waals surface area (Å²) in [6.07, 6.45) is 8.50. The predicted octanol–water partition coefficient (Wildman–Crippen LogP) is 3.42. The average Bonchev–Trinajstić information content (AvgIpc) is 3.48. The minimum Gasteiger partial charge on any atom is -0.341 e. The molecule has 0 unspecified atom stereocenters. The number of hydrogen-bond donors (Lipinski definition) is 0. The number of fused-ring (bicyclic) bond motifs is 1. The highest BCUT2D eigenvalue weighted by Gasteiger charge is 2.56. The van der Waals surface area contributed by atoms with Crippen molar-refractivity contribution in [1.82, 2.24) is 20.0 Å². The summed E-state index contributed by atoms with van der Waals surface area (Å²) in [7, 11) is 0. The summed E-state index contributed by atoms with van der Waals surface area (Å²) >= 11 is 0. The SMILES string of the molecule is O=C1N2[C@H](c3cc(F)cc(F)c3)CCN2CC12CCN(c1ncc(C3CC3)cn1)CC2. The van der Waals surface area contributed by atoms with E-state index in [4.69, 9.17) is 0 Å². The van der Waals surface area contributed by atoms with Gasteiger partial charge in [0.05, 0.1) is 11.5 Å². The van der Waals surface area contributed by atoms with Gasteiger partial charge in [-0.25, -0.2) is 23.8 Å². The number of halogens is 2. The molecule has 1 atom stereocenters. The van der Waals surface area contributed by atoms with E-state index in [-0.39, 0.29) is 11.9 Å². The van der Waals surface area contributed by atoms with Crippen LogP contribution in [-0.2, 0) is 4.79 Å². The molecule has 3 saturated heterocycles. The molecule has 6 nitrogen and oxygen atoms in total. The second-order valence-corrected chi connectivity index (χ2v) is 9.40. The number of carbonyl (C=O) groups is 1. The standard InChI is InChI=1S/C23H25F2N5O/c24-18-9-16(10-19(25)11-18)20-3-6-29-14-23(21(31)30(20)29)4-7-28(8-5-23)22-26-12-17(13-27-22)15-1-2-15/h9-13,15,20H,1-8,14H2/t20-/m0/s1. The molecule has 162 valence electrons. The van der Waals surface area contributed by atoms with Crippen LogP contribution >= 0.6 is 0 Å². The summed E-state index contributed by atoms with van der Waals surface area (Å²) in [5, 5.41) is 3.84. The van der Waals surface area contributed by atoms with E-state index in [9.17, 15) is 13.6 Å². The van der Waals surface area contributed by atoms with Gasteiger partial charge in [0, 0.05) is 44.6 Å². The molecule has 2 aromatic rings. The molecule has 1 aliphatic carbocycles. The van der Waals surface area contributed by atoms with E-state index in [0.717, 1.165) is 44.5 Å². The predicted molar refractivity (Wildman–Crippen MR) is 110 cm³/mol. The molecular formula is C23H25F2N5O. The number of nitrogens with zero attached hydrogens (tertiary/aromatic N) is 5. The number of hydrazine groups is 1. The number of piperidine rings is 1. The van der Waals surface area contributed by atoms with Crippen molar-refractivity contribution in [3.8, 4) is 0 Å². The van der Waals surface area contributed by atoms with Crippen LogP contribution in [0, 0.1) is 17.0 Å². The first kappa shape index (κ1) is 19.1. The second kappa shape index (κ2) is 6.95. The summed E-state index contributed by atoms with van der Waals surface area (Å²) in [5.74, 6) is 0.256. The third-order valence-corrected chi connectivity index (χ3v) is 7.39. The Bertz CT molecular complexity index is 997. The van der Waals surface area contributed by atoms with Crippen molar-refractivity contribution in [2.45, 2.75) is 44.1 Å². The lowest BCUT2D eigenvalue weighted by atomic mass is 9.78. The van der Waals surface area contributed by atoms with Gasteiger partial charge in [0.2, 0.25) is 11.9 Å². The topological polar surface area (TPSA) is 52.6 Å². The van der Waals surface area contributed by atoms with Crippen LogP contribution in [0.1, 0.15) is 55.2 Å². The molecule has 4 heterocycles. The number of anilines is 1. The van der Waals surface area contributed by atoms with Crippen LogP contribution in [0.15, 0.2) is 30.6 Å². The van der Waals surface area contributed by atoms with Gasteiger partial charge >= 0.3 is 0 Å². The molecule has 31 heavy (non-hydrogen) atoms. The van der Waals surface area contributed by atoms with Crippen LogP contribution in [-0.4, -0.2) is 52.1 Å². The van der Waals surface area contributed by atoms with E-state index in [1.165, 1.54) is 30.5 Å². The largest absolute Gasteiger partial charge is 0.341 e. The minimum atomic E-state index is -0.601. The first-order chi connectivity index (χ1) is 15.0. The van der Waals surface area contributed by atoms with Crippen molar-refractivity contribution in [2.24, 2.45) is 5.41 Å². The summed E-state index contributed by atoms with van der Waals surface area (Å²) in [6, 6.07) is 3.27. The fourth-order valence-corrected chi connectivity index (χ4v) is 5.49. The van der Waals surface area contributed by atoms with Crippen LogP contribution in [0.2, 0.25) is 0 Å². The zero-order valence-corrected chi connectivity index (χ0v) is 17.3. The van der Waals surface area contributed by atoms with Crippen LogP contribution in [0.25, 0.3) is 0 Å². The first-order valence-corrected chi connectivity index (χ1v) is 11.1. The quantitative estimate of drug-likeness (QED) is 0.754. The molecular weight excluding hydrogens is 400 g/mol. The van der Waals surface area contributed by atoms with Crippen molar-refractivity contribution in [2.75, 3.05) is 31.1 Å². The van der Waals surface area contributed by atoms with Gasteiger partial charge < -0.3 is 4.90 Å². The van der Waals surface area contributed by atoms with Gasteiger partial charge in [-0.2, -0.15) is 0 Å². The van der Waals surface area contributed by atoms with Gasteiger partial charge in [0.1, 0.15) is 11.6 Å². The molecule has 1 spiro atoms. The Kier molecular flexibility index (Phi) is 4.28. The molecule has 6 rings (SSSR count). The number of aromatic nitrogens is 2. The normalized spacial score (nSPS) is 25.5. The second-order valence-electron chi connectivity index (χ2n) is 9.40. The molecule has 0 N–H and O–H groups in total. The number of hydrogen-bond acceptors (Lipinski definition) is 5. The van der Waals surface area contributed by atoms with Crippen LogP contribution in [0.5, 0.6) is 0 Å². The van der Waals surface area contributed by atoms with Gasteiger partial charge in [-0.05, 0) is 61.3 Å². The Hall–Kier alpha value is -2.61. The third kappa shape index (κ3) is 3.19. The van der Waals surface area contributed by atoms with Crippen molar-refractivity contribution in [1.29, 1.82) is 0 Å². The molecule has 1 aromatic carbocycles. The van der Waals surface area contributed by atoms with Gasteiger partial charge in [0.15, 0.2) is 0 Å². The molecule has 8 heteroatoms. The van der Waals surface area contributed by atoms with Gasteiger partial charge in [-0.15, -0.1) is 0 Å². The Balaban J connectivity index is 1.17. The van der Waals surface area contributed by atoms with E-state index in [1.807, 2.05) is 12.4 Å². The molecule has 3 aliphatic heterocycles. The van der Waals surface area contributed by atoms with Crippen molar-refractivity contribution in [3.63, 3.8) is 0 Å². The maximum atomic E-state index is 13.8. The summed E-state index contributed by atoms with van der Waals surface area (Å²) in [4.78, 5) is 24.8. The Morgan fingerprint density at radius 2 is 1.58 bits per heavy atom. The summed E-state index contributed by atoms with van der Waals surface area (Å²) < 4.78 is 27.5. The van der Waals surface area contributed by atoms with Crippen molar-refractivity contribution >= 4 is 11.9 Å². The average molecular weight is 425 g/mol. The van der Waals surface area contributed by atoms with Crippen LogP contribution in [0.4, 0.5) is 14.7 Å². The molecule has 4 aliphatic rings. The molecule has 1 amide bonds. The van der Waals surface area contributed by atoms with E-state index in [0.29, 0.717) is 24.4 Å². The lowest BCUT2D eigenvalue weighted by molar-refractivity contribution is -0.143. The number of carbonyl (C=O) groups excluding carboxylic acids is 1. The van der Waals surface area contributed by atoms with E-state index < -0.39 is 17.0 Å². The monoisotopic (exact) mass is 425 g/mol. The summed E-state index contributed by atoms with van der Waals surface area (Å²) in [6.45, 7) is 2.87. The lowest BCUT2D eigenvalue weighted by Gasteiger charge is -2.37. The van der Waals surface area contributed by atoms with Crippen molar-refractivity contribution in [3.05, 3.63) is 53.4 Å². The first-order valence-electron chi connectivity index (χ1n) is 11.1. The van der Waals surface area contributed by atoms with E-state index >= 15 is 0 Å². The molecule has 4 fully saturated rings. The third-order valence-electron chi connectivity index (χ3n) is 7.39. The fourth-order valence-electron chi connectivity index (χ4n) is 5.49. The minimum absolute atomic E-state index is 0.0873. The fraction of sp³-hybridized carbons (Fsp3) is 0.522. The van der Waals surface area contributed by atoms with Gasteiger partial charge in [-0.3, -0.25) is 9.80 Å². The number of amides is 1. The molecule has 0 radical (unpaired) electrons. The summed E-state index contributed by atoms with van der Waals surface area (Å²) in [5.41, 5.74) is 1.32. The highest BCUT2D eigenvalue weighted by atomic mass is 19.1. The van der Waals surface area contributed by atoms with E-state index in [1.54, 1.807) is 5.01 Å². The number of benzene rings is 1. The highest BCUT2D eigenvalue weighted by molar-refractivity contribution is 5.85. The highest BCUT2D eigenvalue weighted by Crippen LogP contribution is 2.47.